The number of thiophene rings is 1. The first-order valence-electron chi connectivity index (χ1n) is 11.5. The van der Waals surface area contributed by atoms with E-state index in [2.05, 4.69) is 41.8 Å². The number of rotatable bonds is 8. The van der Waals surface area contributed by atoms with E-state index in [1.807, 2.05) is 28.2 Å². The normalized spacial score (nSPS) is 12.0. The SMILES string of the molecule is CC=C(CCCCC)c1c(C)n(Cc2cc(C(=N)NC(=O)OC(C)(C)C)cs2)c2ccnn12.I. The van der Waals surface area contributed by atoms with E-state index in [-0.39, 0.29) is 29.8 Å². The molecule has 0 radical (unpaired) electrons. The van der Waals surface area contributed by atoms with Crippen molar-refractivity contribution in [3.05, 3.63) is 51.6 Å². The summed E-state index contributed by atoms with van der Waals surface area (Å²) in [6.45, 7) is 12.5. The van der Waals surface area contributed by atoms with Crippen LogP contribution in [0.15, 0.2) is 29.8 Å². The third-order valence-electron chi connectivity index (χ3n) is 5.44. The number of amidine groups is 1. The number of hydrogen-bond acceptors (Lipinski definition) is 5. The average molecular weight is 598 g/mol. The van der Waals surface area contributed by atoms with Crippen LogP contribution in [0, 0.1) is 12.3 Å². The Morgan fingerprint density at radius 3 is 2.71 bits per heavy atom. The predicted octanol–water partition coefficient (Wildman–Crippen LogP) is 7.01. The molecule has 3 rings (SSSR count). The van der Waals surface area contributed by atoms with Gasteiger partial charge in [0, 0.05) is 27.6 Å². The van der Waals surface area contributed by atoms with E-state index in [4.69, 9.17) is 10.1 Å². The van der Waals surface area contributed by atoms with Crippen LogP contribution in [0.2, 0.25) is 0 Å². The Kier molecular flexibility index (Phi) is 9.93. The monoisotopic (exact) mass is 597 g/mol. The Morgan fingerprint density at radius 1 is 1.32 bits per heavy atom. The number of fused-ring (bicyclic) bond motifs is 1. The quantitative estimate of drug-likeness (QED) is 0.127. The molecule has 0 unspecified atom stereocenters. The molecule has 0 aliphatic rings. The van der Waals surface area contributed by atoms with Crippen molar-refractivity contribution in [1.82, 2.24) is 19.5 Å². The second-order valence-electron chi connectivity index (χ2n) is 9.20. The number of unbranched alkanes of at least 4 members (excludes halogenated alkanes) is 2. The van der Waals surface area contributed by atoms with E-state index >= 15 is 0 Å². The first-order valence-corrected chi connectivity index (χ1v) is 12.4. The lowest BCUT2D eigenvalue weighted by atomic mass is 10.0. The fourth-order valence-corrected chi connectivity index (χ4v) is 4.75. The van der Waals surface area contributed by atoms with Gasteiger partial charge in [0.25, 0.3) is 0 Å². The van der Waals surface area contributed by atoms with Crippen molar-refractivity contribution >= 4 is 58.5 Å². The fraction of sp³-hybridized carbons (Fsp3) is 0.480. The molecule has 0 fully saturated rings. The third kappa shape index (κ3) is 6.71. The number of ether oxygens (including phenoxy) is 1. The number of hydrogen-bond donors (Lipinski definition) is 2. The Hall–Kier alpha value is -2.14. The van der Waals surface area contributed by atoms with Crippen molar-refractivity contribution in [2.75, 3.05) is 0 Å². The van der Waals surface area contributed by atoms with Gasteiger partial charge in [-0.1, -0.05) is 25.8 Å². The van der Waals surface area contributed by atoms with E-state index in [0.29, 0.717) is 12.1 Å². The van der Waals surface area contributed by atoms with Gasteiger partial charge in [0.1, 0.15) is 17.1 Å². The van der Waals surface area contributed by atoms with Crippen LogP contribution in [-0.4, -0.2) is 31.7 Å². The topological polar surface area (TPSA) is 84.4 Å². The van der Waals surface area contributed by atoms with E-state index in [9.17, 15) is 4.79 Å². The Morgan fingerprint density at radius 2 is 2.06 bits per heavy atom. The molecule has 1 amide bonds. The number of nitrogens with zero attached hydrogens (tertiary/aromatic N) is 3. The van der Waals surface area contributed by atoms with Gasteiger partial charge >= 0.3 is 6.09 Å². The minimum Gasteiger partial charge on any atom is -0.444 e. The molecule has 3 aromatic rings. The van der Waals surface area contributed by atoms with Gasteiger partial charge in [-0.3, -0.25) is 10.7 Å². The second-order valence-corrected chi connectivity index (χ2v) is 10.2. The third-order valence-corrected chi connectivity index (χ3v) is 6.36. The number of carbonyl (C=O) groups is 1. The number of nitrogens with one attached hydrogen (secondary N) is 2. The van der Waals surface area contributed by atoms with Crippen LogP contribution in [0.1, 0.15) is 82.1 Å². The van der Waals surface area contributed by atoms with Crippen molar-refractivity contribution in [3.63, 3.8) is 0 Å². The van der Waals surface area contributed by atoms with Gasteiger partial charge in [0.15, 0.2) is 0 Å². The summed E-state index contributed by atoms with van der Waals surface area (Å²) in [5.74, 6) is 0.0401. The number of halogens is 1. The summed E-state index contributed by atoms with van der Waals surface area (Å²) in [4.78, 5) is 13.1. The molecule has 0 saturated carbocycles. The van der Waals surface area contributed by atoms with Gasteiger partial charge in [-0.05, 0) is 59.1 Å². The number of imidazole rings is 1. The number of amides is 1. The van der Waals surface area contributed by atoms with Crippen LogP contribution in [0.25, 0.3) is 11.2 Å². The van der Waals surface area contributed by atoms with Crippen molar-refractivity contribution < 1.29 is 9.53 Å². The summed E-state index contributed by atoms with van der Waals surface area (Å²) in [5.41, 5.74) is 4.79. The standard InChI is InChI=1S/C25H35N5O2S.HI/c1-7-9-10-11-18(8-2)22-17(3)29(21-12-13-27-30(21)22)15-20-14-19(16-33-20)23(26)28-24(31)32-25(4,5)6;/h8,12-14,16H,7,9-11,15H2,1-6H3,(H2,26,28,31);1H. The molecule has 3 aromatic heterocycles. The van der Waals surface area contributed by atoms with Gasteiger partial charge in [-0.15, -0.1) is 35.3 Å². The zero-order valence-electron chi connectivity index (χ0n) is 20.9. The minimum absolute atomic E-state index is 0. The van der Waals surface area contributed by atoms with Gasteiger partial charge < -0.3 is 9.30 Å². The van der Waals surface area contributed by atoms with E-state index in [1.165, 1.54) is 36.2 Å². The molecule has 3 heterocycles. The lowest BCUT2D eigenvalue weighted by molar-refractivity contribution is 0.0563. The van der Waals surface area contributed by atoms with Crippen LogP contribution in [0.4, 0.5) is 4.79 Å². The number of alkyl carbamates (subject to hydrolysis) is 1. The number of allylic oxidation sites excluding steroid dienone is 2. The maximum absolute atomic E-state index is 12.0. The van der Waals surface area contributed by atoms with E-state index < -0.39 is 11.7 Å². The first-order chi connectivity index (χ1) is 15.6. The lowest BCUT2D eigenvalue weighted by Gasteiger charge is -2.19. The molecule has 0 spiro atoms. The predicted molar refractivity (Wildman–Crippen MR) is 151 cm³/mol. The van der Waals surface area contributed by atoms with Gasteiger partial charge in [0.05, 0.1) is 18.4 Å². The molecule has 0 saturated heterocycles. The van der Waals surface area contributed by atoms with E-state index in [1.54, 1.807) is 32.1 Å². The summed E-state index contributed by atoms with van der Waals surface area (Å²) in [6, 6.07) is 3.99. The summed E-state index contributed by atoms with van der Waals surface area (Å²) in [6.07, 6.45) is 8.07. The molecule has 0 bridgehead atoms. The second kappa shape index (κ2) is 12.0. The van der Waals surface area contributed by atoms with Gasteiger partial charge in [-0.2, -0.15) is 5.10 Å². The van der Waals surface area contributed by atoms with Crippen molar-refractivity contribution in [3.8, 4) is 0 Å². The Bertz CT molecular complexity index is 1170. The highest BCUT2D eigenvalue weighted by molar-refractivity contribution is 14.0. The zero-order chi connectivity index (χ0) is 24.2. The maximum Gasteiger partial charge on any atom is 0.413 e. The molecular weight excluding hydrogens is 561 g/mol. The minimum atomic E-state index is -0.617. The van der Waals surface area contributed by atoms with Crippen LogP contribution < -0.4 is 5.32 Å². The fourth-order valence-electron chi connectivity index (χ4n) is 3.89. The average Bonchev–Trinajstić information content (AvgIpc) is 3.43. The summed E-state index contributed by atoms with van der Waals surface area (Å²) < 4.78 is 9.56. The first kappa shape index (κ1) is 28.1. The molecule has 9 heteroatoms. The van der Waals surface area contributed by atoms with Crippen molar-refractivity contribution in [2.24, 2.45) is 0 Å². The summed E-state index contributed by atoms with van der Waals surface area (Å²) in [5, 5.41) is 17.3. The molecule has 186 valence electrons. The molecule has 0 aromatic carbocycles. The van der Waals surface area contributed by atoms with Crippen molar-refractivity contribution in [1.29, 1.82) is 5.41 Å². The molecule has 34 heavy (non-hydrogen) atoms. The molecule has 2 N–H and O–H groups in total. The van der Waals surface area contributed by atoms with E-state index in [0.717, 1.165) is 16.9 Å². The Balaban J connectivity index is 0.00000408. The Labute approximate surface area is 223 Å². The van der Waals surface area contributed by atoms with Gasteiger partial charge in [0.2, 0.25) is 0 Å². The number of carbonyl (C=O) groups excluding carboxylic acids is 1. The largest absolute Gasteiger partial charge is 0.444 e. The summed E-state index contributed by atoms with van der Waals surface area (Å²) >= 11 is 1.58. The maximum atomic E-state index is 12.0. The molecular formula is C25H36IN5O2S. The highest BCUT2D eigenvalue weighted by atomic mass is 127. The molecule has 0 atom stereocenters. The van der Waals surface area contributed by atoms with Crippen LogP contribution in [0.5, 0.6) is 0 Å². The van der Waals surface area contributed by atoms with Crippen LogP contribution in [0.3, 0.4) is 0 Å². The van der Waals surface area contributed by atoms with Crippen LogP contribution >= 0.6 is 35.3 Å². The smallest absolute Gasteiger partial charge is 0.413 e. The lowest BCUT2D eigenvalue weighted by Crippen LogP contribution is -2.36. The van der Waals surface area contributed by atoms with Gasteiger partial charge in [-0.25, -0.2) is 9.31 Å². The molecule has 0 aliphatic carbocycles. The molecule has 0 aliphatic heterocycles. The highest BCUT2D eigenvalue weighted by Gasteiger charge is 2.20. The highest BCUT2D eigenvalue weighted by Crippen LogP contribution is 2.29. The zero-order valence-corrected chi connectivity index (χ0v) is 24.0. The molecule has 7 nitrogen and oxygen atoms in total. The van der Waals surface area contributed by atoms with Crippen molar-refractivity contribution in [2.45, 2.75) is 79.4 Å². The number of aromatic nitrogens is 3. The van der Waals surface area contributed by atoms with Crippen LogP contribution in [-0.2, 0) is 11.3 Å². The summed E-state index contributed by atoms with van der Waals surface area (Å²) in [7, 11) is 0.